The summed E-state index contributed by atoms with van der Waals surface area (Å²) in [5.74, 6) is 2.72. The molecule has 0 unspecified atom stereocenters. The molecule has 2 amide bonds. The SMILES string of the molecule is COc1ccc(C2(CNC(=O)Nc3ccc4c(c3)OCO4)CC2)cc1OC. The van der Waals surface area contributed by atoms with Gasteiger partial charge >= 0.3 is 6.03 Å². The molecule has 1 fully saturated rings. The Bertz CT molecular complexity index is 863. The van der Waals surface area contributed by atoms with Crippen LogP contribution in [0.15, 0.2) is 36.4 Å². The molecule has 27 heavy (non-hydrogen) atoms. The molecule has 1 aliphatic heterocycles. The highest BCUT2D eigenvalue weighted by Crippen LogP contribution is 2.49. The van der Waals surface area contributed by atoms with E-state index in [1.165, 1.54) is 0 Å². The molecular weight excluding hydrogens is 348 g/mol. The molecule has 2 N–H and O–H groups in total. The van der Waals surface area contributed by atoms with Gasteiger partial charge < -0.3 is 29.6 Å². The molecule has 7 heteroatoms. The first kappa shape index (κ1) is 17.3. The molecule has 7 nitrogen and oxygen atoms in total. The average Bonchev–Trinajstić information content (AvgIpc) is 3.35. The van der Waals surface area contributed by atoms with E-state index >= 15 is 0 Å². The lowest BCUT2D eigenvalue weighted by Crippen LogP contribution is -2.35. The van der Waals surface area contributed by atoms with Crippen LogP contribution in [-0.4, -0.2) is 33.6 Å². The average molecular weight is 370 g/mol. The number of hydrogen-bond donors (Lipinski definition) is 2. The van der Waals surface area contributed by atoms with E-state index in [1.54, 1.807) is 32.4 Å². The maximum absolute atomic E-state index is 12.3. The third-order valence-electron chi connectivity index (χ3n) is 5.07. The Kier molecular flexibility index (Phi) is 4.43. The van der Waals surface area contributed by atoms with Crippen LogP contribution >= 0.6 is 0 Å². The number of fused-ring (bicyclic) bond motifs is 1. The first-order chi connectivity index (χ1) is 13.1. The van der Waals surface area contributed by atoms with E-state index in [9.17, 15) is 4.79 Å². The van der Waals surface area contributed by atoms with Crippen LogP contribution in [0.1, 0.15) is 18.4 Å². The molecule has 4 rings (SSSR count). The smallest absolute Gasteiger partial charge is 0.319 e. The monoisotopic (exact) mass is 370 g/mol. The van der Waals surface area contributed by atoms with Crippen LogP contribution in [0, 0.1) is 0 Å². The summed E-state index contributed by atoms with van der Waals surface area (Å²) in [6.07, 6.45) is 2.04. The molecule has 1 aliphatic carbocycles. The van der Waals surface area contributed by atoms with Gasteiger partial charge in [0.05, 0.1) is 14.2 Å². The van der Waals surface area contributed by atoms with Gasteiger partial charge in [0.2, 0.25) is 6.79 Å². The molecule has 0 saturated heterocycles. The Morgan fingerprint density at radius 3 is 2.56 bits per heavy atom. The van der Waals surface area contributed by atoms with Gasteiger partial charge in [-0.15, -0.1) is 0 Å². The fourth-order valence-electron chi connectivity index (χ4n) is 3.28. The lowest BCUT2D eigenvalue weighted by atomic mass is 9.95. The van der Waals surface area contributed by atoms with Crippen molar-refractivity contribution >= 4 is 11.7 Å². The molecule has 142 valence electrons. The predicted molar refractivity (Wildman–Crippen MR) is 100 cm³/mol. The number of methoxy groups -OCH3 is 2. The molecular formula is C20H22N2O5. The minimum atomic E-state index is -0.249. The number of carbonyl (C=O) groups excluding carboxylic acids is 1. The second kappa shape index (κ2) is 6.90. The van der Waals surface area contributed by atoms with E-state index in [0.717, 1.165) is 18.4 Å². The molecule has 2 aromatic carbocycles. The lowest BCUT2D eigenvalue weighted by molar-refractivity contribution is 0.174. The zero-order chi connectivity index (χ0) is 18.9. The van der Waals surface area contributed by atoms with Gasteiger partial charge in [-0.1, -0.05) is 6.07 Å². The number of urea groups is 1. The van der Waals surface area contributed by atoms with Crippen molar-refractivity contribution in [2.45, 2.75) is 18.3 Å². The number of nitrogens with one attached hydrogen (secondary N) is 2. The fourth-order valence-corrected chi connectivity index (χ4v) is 3.28. The zero-order valence-corrected chi connectivity index (χ0v) is 15.3. The summed E-state index contributed by atoms with van der Waals surface area (Å²) >= 11 is 0. The second-order valence-electron chi connectivity index (χ2n) is 6.73. The van der Waals surface area contributed by atoms with Gasteiger partial charge in [0.15, 0.2) is 23.0 Å². The predicted octanol–water partition coefficient (Wildman–Crippen LogP) is 3.29. The van der Waals surface area contributed by atoms with Gasteiger partial charge in [-0.25, -0.2) is 4.79 Å². The number of rotatable bonds is 6. The Balaban J connectivity index is 1.38. The zero-order valence-electron chi connectivity index (χ0n) is 15.3. The normalized spacial score (nSPS) is 15.8. The van der Waals surface area contributed by atoms with E-state index in [0.29, 0.717) is 35.2 Å². The van der Waals surface area contributed by atoms with Gasteiger partial charge in [-0.2, -0.15) is 0 Å². The standard InChI is InChI=1S/C20H22N2O5/c1-24-15-5-3-13(9-17(15)25-2)20(7-8-20)11-21-19(23)22-14-4-6-16-18(10-14)27-12-26-16/h3-6,9-10H,7-8,11-12H2,1-2H3,(H2,21,22,23). The number of ether oxygens (including phenoxy) is 4. The van der Waals surface area contributed by atoms with Crippen molar-refractivity contribution in [3.8, 4) is 23.0 Å². The van der Waals surface area contributed by atoms with Gasteiger partial charge in [0, 0.05) is 23.7 Å². The summed E-state index contributed by atoms with van der Waals surface area (Å²) < 4.78 is 21.3. The van der Waals surface area contributed by atoms with Crippen molar-refractivity contribution in [2.75, 3.05) is 32.9 Å². The van der Waals surface area contributed by atoms with E-state index in [1.807, 2.05) is 18.2 Å². The van der Waals surface area contributed by atoms with Crippen LogP contribution in [0.25, 0.3) is 0 Å². The first-order valence-corrected chi connectivity index (χ1v) is 8.80. The molecule has 1 heterocycles. The van der Waals surface area contributed by atoms with Crippen LogP contribution in [0.2, 0.25) is 0 Å². The van der Waals surface area contributed by atoms with Gasteiger partial charge in [0.1, 0.15) is 0 Å². The van der Waals surface area contributed by atoms with E-state index in [4.69, 9.17) is 18.9 Å². The molecule has 2 aliphatic rings. The minimum Gasteiger partial charge on any atom is -0.493 e. The molecule has 0 spiro atoms. The fraction of sp³-hybridized carbons (Fsp3) is 0.350. The summed E-state index contributed by atoms with van der Waals surface area (Å²) in [6.45, 7) is 0.762. The van der Waals surface area contributed by atoms with E-state index < -0.39 is 0 Å². The van der Waals surface area contributed by atoms with Gasteiger partial charge in [0.25, 0.3) is 0 Å². The summed E-state index contributed by atoms with van der Waals surface area (Å²) in [5, 5.41) is 5.81. The van der Waals surface area contributed by atoms with Crippen molar-refractivity contribution in [2.24, 2.45) is 0 Å². The van der Waals surface area contributed by atoms with Crippen molar-refractivity contribution in [3.05, 3.63) is 42.0 Å². The largest absolute Gasteiger partial charge is 0.493 e. The number of carbonyl (C=O) groups is 1. The van der Waals surface area contributed by atoms with Gasteiger partial charge in [-0.05, 0) is 42.7 Å². The quantitative estimate of drug-likeness (QED) is 0.816. The lowest BCUT2D eigenvalue weighted by Gasteiger charge is -2.19. The molecule has 0 aromatic heterocycles. The molecule has 0 atom stereocenters. The maximum atomic E-state index is 12.3. The number of benzene rings is 2. The maximum Gasteiger partial charge on any atom is 0.319 e. The Morgan fingerprint density at radius 2 is 1.81 bits per heavy atom. The molecule has 0 bridgehead atoms. The number of amides is 2. The Labute approximate surface area is 157 Å². The third-order valence-corrected chi connectivity index (χ3v) is 5.07. The third kappa shape index (κ3) is 3.45. The highest BCUT2D eigenvalue weighted by Gasteiger charge is 2.44. The van der Waals surface area contributed by atoms with Crippen LogP contribution in [0.4, 0.5) is 10.5 Å². The minimum absolute atomic E-state index is 0.0498. The van der Waals surface area contributed by atoms with Crippen molar-refractivity contribution in [1.82, 2.24) is 5.32 Å². The van der Waals surface area contributed by atoms with Gasteiger partial charge in [-0.3, -0.25) is 0 Å². The van der Waals surface area contributed by atoms with Crippen LogP contribution in [0.5, 0.6) is 23.0 Å². The summed E-state index contributed by atoms with van der Waals surface area (Å²) in [7, 11) is 3.24. The summed E-state index contributed by atoms with van der Waals surface area (Å²) in [4.78, 5) is 12.3. The molecule has 1 saturated carbocycles. The summed E-state index contributed by atoms with van der Waals surface area (Å²) in [5.41, 5.74) is 1.75. The van der Waals surface area contributed by atoms with Crippen molar-refractivity contribution < 1.29 is 23.7 Å². The van der Waals surface area contributed by atoms with Crippen LogP contribution in [-0.2, 0) is 5.41 Å². The van der Waals surface area contributed by atoms with E-state index in [2.05, 4.69) is 10.6 Å². The molecule has 2 aromatic rings. The van der Waals surface area contributed by atoms with E-state index in [-0.39, 0.29) is 18.2 Å². The topological polar surface area (TPSA) is 78.1 Å². The highest BCUT2D eigenvalue weighted by molar-refractivity contribution is 5.89. The Morgan fingerprint density at radius 1 is 1.04 bits per heavy atom. The van der Waals surface area contributed by atoms with Crippen molar-refractivity contribution in [3.63, 3.8) is 0 Å². The summed E-state index contributed by atoms with van der Waals surface area (Å²) in [6, 6.07) is 11.0. The van der Waals surface area contributed by atoms with Crippen LogP contribution < -0.4 is 29.6 Å². The molecule has 0 radical (unpaired) electrons. The highest BCUT2D eigenvalue weighted by atomic mass is 16.7. The first-order valence-electron chi connectivity index (χ1n) is 8.80. The van der Waals surface area contributed by atoms with Crippen LogP contribution in [0.3, 0.4) is 0 Å². The van der Waals surface area contributed by atoms with Crippen molar-refractivity contribution in [1.29, 1.82) is 0 Å². The Hall–Kier alpha value is -3.09. The number of anilines is 1. The second-order valence-corrected chi connectivity index (χ2v) is 6.73. The number of hydrogen-bond acceptors (Lipinski definition) is 5.